The van der Waals surface area contributed by atoms with E-state index in [1.807, 2.05) is 0 Å². The molecular formula is C21H17F3N4O4. The number of carboxylic acid groups (broad SMARTS) is 1. The molecule has 0 aromatic heterocycles. The summed E-state index contributed by atoms with van der Waals surface area (Å²) in [5, 5.41) is 14.0. The van der Waals surface area contributed by atoms with Crippen molar-refractivity contribution in [2.24, 2.45) is 5.10 Å². The number of hydrogen-bond donors (Lipinski definition) is 3. The highest BCUT2D eigenvalue weighted by Gasteiger charge is 2.33. The standard InChI is InChI=1S/C21H17F3N4O4/c1-11(25-26-18(29)13-3-5-14(6-4-13)20(31)32)17-12(2)27-28(19(17)30)16-9-7-15(8-10-16)21(22,23)24/h3-10,25H,1-2H3,(H,26,29)(H,31,32). The van der Waals surface area contributed by atoms with Gasteiger partial charge in [-0.05, 0) is 62.4 Å². The van der Waals surface area contributed by atoms with Crippen LogP contribution < -0.4 is 15.9 Å². The first-order chi connectivity index (χ1) is 15.0. The normalized spacial score (nSPS) is 15.3. The molecule has 0 bridgehead atoms. The summed E-state index contributed by atoms with van der Waals surface area (Å²) in [6.45, 7) is 3.07. The van der Waals surface area contributed by atoms with Crippen LogP contribution in [0.5, 0.6) is 0 Å². The maximum Gasteiger partial charge on any atom is 0.416 e. The number of hydrazine groups is 1. The molecule has 0 fully saturated rings. The number of anilines is 1. The molecule has 0 aliphatic carbocycles. The number of aromatic carboxylic acids is 1. The fraction of sp³-hybridized carbons (Fsp3) is 0.143. The topological polar surface area (TPSA) is 111 Å². The van der Waals surface area contributed by atoms with Gasteiger partial charge in [-0.1, -0.05) is 0 Å². The van der Waals surface area contributed by atoms with E-state index in [-0.39, 0.29) is 28.1 Å². The van der Waals surface area contributed by atoms with Crippen LogP contribution in [0.15, 0.2) is 64.9 Å². The molecular weight excluding hydrogens is 429 g/mol. The van der Waals surface area contributed by atoms with Crippen LogP contribution >= 0.6 is 0 Å². The third-order valence-corrected chi connectivity index (χ3v) is 4.59. The van der Waals surface area contributed by atoms with Gasteiger partial charge in [-0.15, -0.1) is 0 Å². The van der Waals surface area contributed by atoms with Crippen LogP contribution in [0, 0.1) is 0 Å². The van der Waals surface area contributed by atoms with Gasteiger partial charge in [0, 0.05) is 11.3 Å². The second-order valence-electron chi connectivity index (χ2n) is 6.81. The first kappa shape index (κ1) is 22.5. The number of nitrogens with one attached hydrogen (secondary N) is 2. The minimum atomic E-state index is -4.50. The summed E-state index contributed by atoms with van der Waals surface area (Å²) in [6, 6.07) is 9.23. The molecule has 0 atom stereocenters. The molecule has 11 heteroatoms. The molecule has 1 aliphatic heterocycles. The van der Waals surface area contributed by atoms with Crippen molar-refractivity contribution in [2.75, 3.05) is 5.01 Å². The van der Waals surface area contributed by atoms with E-state index in [9.17, 15) is 27.6 Å². The number of hydrazone groups is 1. The fourth-order valence-corrected chi connectivity index (χ4v) is 2.95. The number of rotatable bonds is 5. The predicted octanol–water partition coefficient (Wildman–Crippen LogP) is 3.33. The van der Waals surface area contributed by atoms with E-state index in [0.717, 1.165) is 29.3 Å². The van der Waals surface area contributed by atoms with Crippen LogP contribution in [-0.2, 0) is 11.0 Å². The van der Waals surface area contributed by atoms with Gasteiger partial charge in [0.25, 0.3) is 11.8 Å². The zero-order valence-electron chi connectivity index (χ0n) is 16.8. The Morgan fingerprint density at radius 2 is 1.53 bits per heavy atom. The van der Waals surface area contributed by atoms with E-state index in [0.29, 0.717) is 5.71 Å². The first-order valence-corrected chi connectivity index (χ1v) is 9.17. The van der Waals surface area contributed by atoms with E-state index in [1.54, 1.807) is 6.92 Å². The zero-order chi connectivity index (χ0) is 23.6. The van der Waals surface area contributed by atoms with Crippen molar-refractivity contribution in [2.45, 2.75) is 20.0 Å². The Labute approximate surface area is 180 Å². The molecule has 3 rings (SSSR count). The van der Waals surface area contributed by atoms with Gasteiger partial charge >= 0.3 is 12.1 Å². The van der Waals surface area contributed by atoms with E-state index in [2.05, 4.69) is 16.0 Å². The monoisotopic (exact) mass is 446 g/mol. The molecule has 0 radical (unpaired) electrons. The second-order valence-corrected chi connectivity index (χ2v) is 6.81. The summed E-state index contributed by atoms with van der Waals surface area (Å²) in [7, 11) is 0. The molecule has 0 saturated carbocycles. The van der Waals surface area contributed by atoms with Crippen molar-refractivity contribution in [3.63, 3.8) is 0 Å². The van der Waals surface area contributed by atoms with E-state index >= 15 is 0 Å². The number of carbonyl (C=O) groups excluding carboxylic acids is 2. The minimum absolute atomic E-state index is 0.0274. The molecule has 1 heterocycles. The maximum atomic E-state index is 12.8. The quantitative estimate of drug-likeness (QED) is 0.482. The Balaban J connectivity index is 1.72. The summed E-state index contributed by atoms with van der Waals surface area (Å²) >= 11 is 0. The number of alkyl halides is 3. The fourth-order valence-electron chi connectivity index (χ4n) is 2.95. The number of allylic oxidation sites excluding steroid dienone is 1. The zero-order valence-corrected chi connectivity index (χ0v) is 16.8. The molecule has 2 aromatic rings. The van der Waals surface area contributed by atoms with Gasteiger partial charge in [-0.25, -0.2) is 4.79 Å². The third kappa shape index (κ3) is 4.61. The van der Waals surface area contributed by atoms with Gasteiger partial charge in [0.2, 0.25) is 0 Å². The lowest BCUT2D eigenvalue weighted by atomic mass is 10.1. The van der Waals surface area contributed by atoms with Crippen molar-refractivity contribution in [3.8, 4) is 0 Å². The van der Waals surface area contributed by atoms with Crippen molar-refractivity contribution >= 4 is 29.2 Å². The maximum absolute atomic E-state index is 12.8. The Hall–Kier alpha value is -4.15. The van der Waals surface area contributed by atoms with Gasteiger partial charge in [0.15, 0.2) is 0 Å². The lowest BCUT2D eigenvalue weighted by Crippen LogP contribution is -2.37. The summed E-state index contributed by atoms with van der Waals surface area (Å²) < 4.78 is 38.2. The highest BCUT2D eigenvalue weighted by atomic mass is 19.4. The van der Waals surface area contributed by atoms with Gasteiger partial charge in [-0.3, -0.25) is 15.0 Å². The molecule has 0 spiro atoms. The van der Waals surface area contributed by atoms with Crippen molar-refractivity contribution < 1.29 is 32.7 Å². The third-order valence-electron chi connectivity index (χ3n) is 4.59. The highest BCUT2D eigenvalue weighted by molar-refractivity contribution is 6.30. The average Bonchev–Trinajstić information content (AvgIpc) is 3.05. The SMILES string of the molecule is CC1=NN(c2ccc(C(F)(F)F)cc2)C(=O)C1=C(C)NNC(=O)c1ccc(C(=O)O)cc1. The van der Waals surface area contributed by atoms with E-state index in [4.69, 9.17) is 5.11 Å². The van der Waals surface area contributed by atoms with Crippen LogP contribution in [0.3, 0.4) is 0 Å². The number of benzene rings is 2. The molecule has 8 nitrogen and oxygen atoms in total. The lowest BCUT2D eigenvalue weighted by molar-refractivity contribution is -0.137. The number of hydrogen-bond acceptors (Lipinski definition) is 5. The van der Waals surface area contributed by atoms with E-state index < -0.39 is 29.5 Å². The van der Waals surface area contributed by atoms with Gasteiger partial charge in [0.1, 0.15) is 0 Å². The Kier molecular flexibility index (Phi) is 6.01. The predicted molar refractivity (Wildman–Crippen MR) is 109 cm³/mol. The molecule has 0 saturated heterocycles. The van der Waals surface area contributed by atoms with Crippen LogP contribution in [0.25, 0.3) is 0 Å². The van der Waals surface area contributed by atoms with Crippen LogP contribution in [-0.4, -0.2) is 28.6 Å². The highest BCUT2D eigenvalue weighted by Crippen LogP contribution is 2.32. The minimum Gasteiger partial charge on any atom is -0.478 e. The molecule has 0 unspecified atom stereocenters. The number of halogens is 3. The Morgan fingerprint density at radius 3 is 2.06 bits per heavy atom. The largest absolute Gasteiger partial charge is 0.478 e. The second kappa shape index (κ2) is 8.53. The molecule has 166 valence electrons. The smallest absolute Gasteiger partial charge is 0.416 e. The summed E-state index contributed by atoms with van der Waals surface area (Å²) in [5.74, 6) is -2.27. The summed E-state index contributed by atoms with van der Waals surface area (Å²) in [5.41, 5.74) is 5.25. The van der Waals surface area contributed by atoms with Crippen LogP contribution in [0.1, 0.15) is 40.1 Å². The van der Waals surface area contributed by atoms with Crippen LogP contribution in [0.4, 0.5) is 18.9 Å². The molecule has 32 heavy (non-hydrogen) atoms. The van der Waals surface area contributed by atoms with Crippen molar-refractivity contribution in [3.05, 3.63) is 76.5 Å². The van der Waals surface area contributed by atoms with Gasteiger partial charge in [-0.2, -0.15) is 23.3 Å². The number of carboxylic acids is 1. The molecule has 2 aromatic carbocycles. The molecule has 3 N–H and O–H groups in total. The summed E-state index contributed by atoms with van der Waals surface area (Å²) in [6.07, 6.45) is -4.50. The lowest BCUT2D eigenvalue weighted by Gasteiger charge is -2.14. The van der Waals surface area contributed by atoms with Gasteiger partial charge in [0.05, 0.1) is 28.1 Å². The van der Waals surface area contributed by atoms with Crippen molar-refractivity contribution in [1.82, 2.24) is 10.9 Å². The van der Waals surface area contributed by atoms with E-state index in [1.165, 1.54) is 31.2 Å². The molecule has 2 amide bonds. The summed E-state index contributed by atoms with van der Waals surface area (Å²) in [4.78, 5) is 35.9. The Bertz CT molecular complexity index is 1140. The van der Waals surface area contributed by atoms with Crippen LogP contribution in [0.2, 0.25) is 0 Å². The Morgan fingerprint density at radius 1 is 0.969 bits per heavy atom. The van der Waals surface area contributed by atoms with Crippen molar-refractivity contribution in [1.29, 1.82) is 0 Å². The first-order valence-electron chi connectivity index (χ1n) is 9.17. The molecule has 1 aliphatic rings. The number of nitrogens with zero attached hydrogens (tertiary/aromatic N) is 2. The number of amides is 2. The van der Waals surface area contributed by atoms with Gasteiger partial charge < -0.3 is 10.5 Å². The average molecular weight is 446 g/mol. The number of carbonyl (C=O) groups is 3.